The van der Waals surface area contributed by atoms with Gasteiger partial charge in [-0.15, -0.1) is 0 Å². The van der Waals surface area contributed by atoms with Crippen LogP contribution in [-0.2, 0) is 4.79 Å². The van der Waals surface area contributed by atoms with Gasteiger partial charge in [-0.25, -0.2) is 0 Å². The van der Waals surface area contributed by atoms with Crippen molar-refractivity contribution < 1.29 is 9.90 Å². The number of aryl methyl sites for hydroxylation is 1. The summed E-state index contributed by atoms with van der Waals surface area (Å²) >= 11 is 0. The molecule has 1 amide bonds. The Hall–Kier alpha value is -1.39. The molecule has 0 radical (unpaired) electrons. The highest BCUT2D eigenvalue weighted by molar-refractivity contribution is 5.83. The predicted octanol–water partition coefficient (Wildman–Crippen LogP) is 2.22. The molecule has 122 valence electrons. The van der Waals surface area contributed by atoms with Gasteiger partial charge in [0.1, 0.15) is 6.04 Å². The molecular weight excluding hydrogens is 276 g/mol. The van der Waals surface area contributed by atoms with Gasteiger partial charge in [0.25, 0.3) is 0 Å². The third-order valence-electron chi connectivity index (χ3n) is 4.93. The van der Waals surface area contributed by atoms with Crippen molar-refractivity contribution in [2.24, 2.45) is 5.41 Å². The molecule has 1 fully saturated rings. The lowest BCUT2D eigenvalue weighted by molar-refractivity contribution is -0.138. The molecule has 1 saturated carbocycles. The zero-order valence-electron chi connectivity index (χ0n) is 14.2. The van der Waals surface area contributed by atoms with E-state index in [1.165, 1.54) is 0 Å². The number of likely N-dealkylation sites (N-methyl/N-ethyl adjacent to an activating group) is 2. The Kier molecular flexibility index (Phi) is 5.24. The molecule has 1 atom stereocenters. The van der Waals surface area contributed by atoms with Gasteiger partial charge in [0.05, 0.1) is 6.61 Å². The van der Waals surface area contributed by atoms with Gasteiger partial charge in [0, 0.05) is 19.0 Å². The molecule has 0 aromatic heterocycles. The van der Waals surface area contributed by atoms with Gasteiger partial charge >= 0.3 is 0 Å². The minimum Gasteiger partial charge on any atom is -0.396 e. The van der Waals surface area contributed by atoms with Crippen molar-refractivity contribution >= 4 is 5.91 Å². The second-order valence-electron chi connectivity index (χ2n) is 6.93. The summed E-state index contributed by atoms with van der Waals surface area (Å²) in [6, 6.07) is 7.77. The number of carbonyl (C=O) groups excluding carboxylic acids is 1. The van der Waals surface area contributed by atoms with Crippen LogP contribution in [0.1, 0.15) is 36.4 Å². The van der Waals surface area contributed by atoms with Crippen molar-refractivity contribution in [3.8, 4) is 0 Å². The van der Waals surface area contributed by atoms with E-state index in [1.807, 2.05) is 57.2 Å². The Morgan fingerprint density at radius 3 is 2.36 bits per heavy atom. The molecule has 0 unspecified atom stereocenters. The zero-order chi connectivity index (χ0) is 16.3. The molecule has 2 rings (SSSR count). The highest BCUT2D eigenvalue weighted by atomic mass is 16.3. The zero-order valence-corrected chi connectivity index (χ0v) is 14.2. The first-order valence-corrected chi connectivity index (χ1v) is 7.98. The van der Waals surface area contributed by atoms with Gasteiger partial charge in [-0.05, 0) is 45.0 Å². The van der Waals surface area contributed by atoms with Crippen molar-refractivity contribution in [2.45, 2.75) is 32.2 Å². The largest absolute Gasteiger partial charge is 0.396 e. The first-order chi connectivity index (χ1) is 10.4. The first-order valence-electron chi connectivity index (χ1n) is 7.98. The van der Waals surface area contributed by atoms with Crippen LogP contribution in [-0.4, -0.2) is 55.1 Å². The third kappa shape index (κ3) is 3.33. The second kappa shape index (κ2) is 6.80. The van der Waals surface area contributed by atoms with Crippen molar-refractivity contribution in [3.05, 3.63) is 35.4 Å². The van der Waals surface area contributed by atoms with Crippen LogP contribution in [0.2, 0.25) is 0 Å². The Morgan fingerprint density at radius 2 is 1.91 bits per heavy atom. The molecule has 1 N–H and O–H groups in total. The number of aliphatic hydroxyl groups excluding tert-OH is 1. The highest BCUT2D eigenvalue weighted by Gasteiger charge is 2.39. The Balaban J connectivity index is 2.18. The summed E-state index contributed by atoms with van der Waals surface area (Å²) in [5.74, 6) is 0.0963. The third-order valence-corrected chi connectivity index (χ3v) is 4.93. The maximum atomic E-state index is 13.0. The number of nitrogens with zero attached hydrogens (tertiary/aromatic N) is 2. The van der Waals surface area contributed by atoms with Crippen molar-refractivity contribution in [3.63, 3.8) is 0 Å². The monoisotopic (exact) mass is 304 g/mol. The maximum Gasteiger partial charge on any atom is 0.244 e. The van der Waals surface area contributed by atoms with Gasteiger partial charge < -0.3 is 10.0 Å². The van der Waals surface area contributed by atoms with Crippen LogP contribution in [0.25, 0.3) is 0 Å². The molecule has 0 bridgehead atoms. The smallest absolute Gasteiger partial charge is 0.244 e. The van der Waals surface area contributed by atoms with Crippen LogP contribution in [0.3, 0.4) is 0 Å². The van der Waals surface area contributed by atoms with Gasteiger partial charge in [-0.1, -0.05) is 30.7 Å². The minimum atomic E-state index is -0.276. The van der Waals surface area contributed by atoms with E-state index in [9.17, 15) is 9.90 Å². The summed E-state index contributed by atoms with van der Waals surface area (Å²) in [4.78, 5) is 16.7. The Bertz CT molecular complexity index is 518. The molecule has 0 heterocycles. The fourth-order valence-corrected chi connectivity index (χ4v) is 3.36. The summed E-state index contributed by atoms with van der Waals surface area (Å²) in [5, 5.41) is 9.63. The van der Waals surface area contributed by atoms with Gasteiger partial charge in [-0.2, -0.15) is 0 Å². The molecule has 0 aliphatic heterocycles. The standard InChI is InChI=1S/C18H28N2O2/c1-14-8-5-6-9-15(14)16(19(2)3)17(22)20(4)12-18(13-21)10-7-11-18/h5-6,8-9,16,21H,7,10-13H2,1-4H3/t16-/m0/s1. The van der Waals surface area contributed by atoms with E-state index in [0.717, 1.165) is 30.4 Å². The van der Waals surface area contributed by atoms with E-state index >= 15 is 0 Å². The molecule has 4 nitrogen and oxygen atoms in total. The number of carbonyl (C=O) groups is 1. The van der Waals surface area contributed by atoms with Crippen LogP contribution in [0.15, 0.2) is 24.3 Å². The van der Waals surface area contributed by atoms with Crippen LogP contribution in [0.4, 0.5) is 0 Å². The van der Waals surface area contributed by atoms with Crippen molar-refractivity contribution in [1.29, 1.82) is 0 Å². The lowest BCUT2D eigenvalue weighted by atomic mass is 9.69. The number of hydrogen-bond donors (Lipinski definition) is 1. The van der Waals surface area contributed by atoms with Crippen LogP contribution in [0, 0.1) is 12.3 Å². The highest BCUT2D eigenvalue weighted by Crippen LogP contribution is 2.41. The van der Waals surface area contributed by atoms with Crippen molar-refractivity contribution in [1.82, 2.24) is 9.80 Å². The number of benzene rings is 1. The first kappa shape index (κ1) is 17.0. The van der Waals surface area contributed by atoms with E-state index in [1.54, 1.807) is 4.90 Å². The number of aliphatic hydroxyl groups is 1. The number of rotatable bonds is 6. The number of amides is 1. The molecule has 0 spiro atoms. The molecule has 1 aliphatic carbocycles. The molecule has 22 heavy (non-hydrogen) atoms. The second-order valence-corrected chi connectivity index (χ2v) is 6.93. The SMILES string of the molecule is Cc1ccccc1[C@@H](C(=O)N(C)CC1(CO)CCC1)N(C)C. The minimum absolute atomic E-state index is 0.0764. The molecule has 1 aliphatic rings. The summed E-state index contributed by atoms with van der Waals surface area (Å²) in [6.45, 7) is 2.85. The van der Waals surface area contributed by atoms with E-state index in [2.05, 4.69) is 0 Å². The van der Waals surface area contributed by atoms with E-state index < -0.39 is 0 Å². The summed E-state index contributed by atoms with van der Waals surface area (Å²) in [7, 11) is 5.73. The quantitative estimate of drug-likeness (QED) is 0.876. The Labute approximate surface area is 133 Å². The normalized spacial score (nSPS) is 17.9. The van der Waals surface area contributed by atoms with Crippen LogP contribution < -0.4 is 0 Å². The van der Waals surface area contributed by atoms with E-state index in [0.29, 0.717) is 6.54 Å². The fraction of sp³-hybridized carbons (Fsp3) is 0.611. The molecule has 0 saturated heterocycles. The van der Waals surface area contributed by atoms with Crippen LogP contribution in [0.5, 0.6) is 0 Å². The average molecular weight is 304 g/mol. The molecule has 1 aromatic rings. The van der Waals surface area contributed by atoms with E-state index in [-0.39, 0.29) is 24.0 Å². The maximum absolute atomic E-state index is 13.0. The summed E-state index contributed by atoms with van der Waals surface area (Å²) in [6.07, 6.45) is 3.17. The van der Waals surface area contributed by atoms with Crippen molar-refractivity contribution in [2.75, 3.05) is 34.3 Å². The Morgan fingerprint density at radius 1 is 1.27 bits per heavy atom. The average Bonchev–Trinajstić information content (AvgIpc) is 2.44. The lowest BCUT2D eigenvalue weighted by Crippen LogP contribution is -2.48. The lowest BCUT2D eigenvalue weighted by Gasteiger charge is -2.43. The molecule has 1 aromatic carbocycles. The molecule has 4 heteroatoms. The van der Waals surface area contributed by atoms with Gasteiger partial charge in [0.15, 0.2) is 0 Å². The predicted molar refractivity (Wildman–Crippen MR) is 88.6 cm³/mol. The topological polar surface area (TPSA) is 43.8 Å². The summed E-state index contributed by atoms with van der Waals surface area (Å²) < 4.78 is 0. The fourth-order valence-electron chi connectivity index (χ4n) is 3.36. The number of hydrogen-bond acceptors (Lipinski definition) is 3. The van der Waals surface area contributed by atoms with Crippen LogP contribution >= 0.6 is 0 Å². The summed E-state index contributed by atoms with van der Waals surface area (Å²) in [5.41, 5.74) is 2.10. The van der Waals surface area contributed by atoms with E-state index in [4.69, 9.17) is 0 Å². The van der Waals surface area contributed by atoms with Gasteiger partial charge in [0.2, 0.25) is 5.91 Å². The molecular formula is C18H28N2O2. The van der Waals surface area contributed by atoms with Gasteiger partial charge in [-0.3, -0.25) is 9.69 Å².